The number of amides is 1. The average Bonchev–Trinajstić information content (AvgIpc) is 2.73. The summed E-state index contributed by atoms with van der Waals surface area (Å²) >= 11 is 0. The Kier molecular flexibility index (Phi) is 4.47. The predicted molar refractivity (Wildman–Crippen MR) is 72.7 cm³/mol. The number of carbonyl (C=O) groups excluding carboxylic acids is 1. The molecule has 5 nitrogen and oxygen atoms in total. The van der Waals surface area contributed by atoms with Crippen molar-refractivity contribution in [3.63, 3.8) is 0 Å². The third-order valence-corrected chi connectivity index (χ3v) is 2.92. The van der Waals surface area contributed by atoms with Crippen molar-refractivity contribution in [2.24, 2.45) is 0 Å². The molecular weight excluding hydrogens is 261 g/mol. The number of halogens is 1. The maximum absolute atomic E-state index is 13.3. The smallest absolute Gasteiger partial charge is 0.238 e. The van der Waals surface area contributed by atoms with E-state index in [1.165, 1.54) is 12.1 Å². The number of carbonyl (C=O) groups is 1. The van der Waals surface area contributed by atoms with Crippen LogP contribution in [0.5, 0.6) is 0 Å². The van der Waals surface area contributed by atoms with Gasteiger partial charge in [0.05, 0.1) is 17.9 Å². The number of nitrogens with one attached hydrogen (secondary N) is 2. The van der Waals surface area contributed by atoms with Crippen LogP contribution in [0, 0.1) is 19.7 Å². The molecular formula is C14H16FN3O2. The number of hydrogen-bond donors (Lipinski definition) is 2. The molecule has 1 heterocycles. The quantitative estimate of drug-likeness (QED) is 0.879. The van der Waals surface area contributed by atoms with Gasteiger partial charge in [-0.2, -0.15) is 0 Å². The highest BCUT2D eigenvalue weighted by Gasteiger charge is 2.10. The second-order valence-electron chi connectivity index (χ2n) is 4.43. The zero-order chi connectivity index (χ0) is 14.5. The predicted octanol–water partition coefficient (Wildman–Crippen LogP) is 2.16. The van der Waals surface area contributed by atoms with Crippen LogP contribution in [0.1, 0.15) is 17.0 Å². The normalized spacial score (nSPS) is 10.6. The van der Waals surface area contributed by atoms with Crippen LogP contribution < -0.4 is 10.6 Å². The van der Waals surface area contributed by atoms with Gasteiger partial charge in [-0.1, -0.05) is 17.3 Å². The van der Waals surface area contributed by atoms with Crippen LogP contribution in [-0.2, 0) is 11.3 Å². The first kappa shape index (κ1) is 14.2. The molecule has 1 amide bonds. The molecule has 0 spiro atoms. The minimum atomic E-state index is -0.452. The second kappa shape index (κ2) is 6.29. The summed E-state index contributed by atoms with van der Waals surface area (Å²) in [5, 5.41) is 9.31. The van der Waals surface area contributed by atoms with E-state index in [0.717, 1.165) is 17.0 Å². The maximum Gasteiger partial charge on any atom is 0.238 e. The van der Waals surface area contributed by atoms with Crippen LogP contribution in [-0.4, -0.2) is 17.6 Å². The number of rotatable bonds is 5. The van der Waals surface area contributed by atoms with Gasteiger partial charge in [-0.25, -0.2) is 4.39 Å². The van der Waals surface area contributed by atoms with Crippen molar-refractivity contribution in [3.05, 3.63) is 47.1 Å². The van der Waals surface area contributed by atoms with Crippen molar-refractivity contribution >= 4 is 11.6 Å². The number of anilines is 1. The van der Waals surface area contributed by atoms with E-state index >= 15 is 0 Å². The summed E-state index contributed by atoms with van der Waals surface area (Å²) in [5.41, 5.74) is 1.91. The molecule has 0 aliphatic carbocycles. The summed E-state index contributed by atoms with van der Waals surface area (Å²) in [5.74, 6) is -0.0297. The molecule has 0 aliphatic heterocycles. The summed E-state index contributed by atoms with van der Waals surface area (Å²) < 4.78 is 18.4. The Morgan fingerprint density at radius 2 is 2.10 bits per heavy atom. The van der Waals surface area contributed by atoms with E-state index in [4.69, 9.17) is 4.52 Å². The molecule has 0 bridgehead atoms. The molecule has 0 fully saturated rings. The highest BCUT2D eigenvalue weighted by atomic mass is 19.1. The van der Waals surface area contributed by atoms with Gasteiger partial charge in [-0.05, 0) is 26.0 Å². The maximum atomic E-state index is 13.3. The van der Waals surface area contributed by atoms with E-state index in [2.05, 4.69) is 15.8 Å². The fourth-order valence-electron chi connectivity index (χ4n) is 1.81. The Morgan fingerprint density at radius 1 is 1.35 bits per heavy atom. The zero-order valence-corrected chi connectivity index (χ0v) is 11.4. The highest BCUT2D eigenvalue weighted by molar-refractivity contribution is 5.92. The van der Waals surface area contributed by atoms with Crippen LogP contribution >= 0.6 is 0 Å². The fourth-order valence-corrected chi connectivity index (χ4v) is 1.81. The molecule has 1 aromatic carbocycles. The van der Waals surface area contributed by atoms with Gasteiger partial charge in [-0.3, -0.25) is 4.79 Å². The third-order valence-electron chi connectivity index (χ3n) is 2.92. The van der Waals surface area contributed by atoms with Crippen molar-refractivity contribution in [3.8, 4) is 0 Å². The fraction of sp³-hybridized carbons (Fsp3) is 0.286. The summed E-state index contributed by atoms with van der Waals surface area (Å²) in [7, 11) is 0. The van der Waals surface area contributed by atoms with Gasteiger partial charge in [0.2, 0.25) is 5.91 Å². The molecule has 0 saturated heterocycles. The van der Waals surface area contributed by atoms with Crippen LogP contribution in [0.15, 0.2) is 28.8 Å². The van der Waals surface area contributed by atoms with Crippen molar-refractivity contribution in [1.29, 1.82) is 0 Å². The molecule has 2 rings (SSSR count). The zero-order valence-electron chi connectivity index (χ0n) is 11.4. The Hall–Kier alpha value is -2.21. The van der Waals surface area contributed by atoms with Crippen LogP contribution in [0.4, 0.5) is 10.1 Å². The van der Waals surface area contributed by atoms with Gasteiger partial charge in [0, 0.05) is 12.1 Å². The lowest BCUT2D eigenvalue weighted by Crippen LogP contribution is -2.28. The van der Waals surface area contributed by atoms with Gasteiger partial charge >= 0.3 is 0 Å². The van der Waals surface area contributed by atoms with Crippen molar-refractivity contribution in [1.82, 2.24) is 10.5 Å². The molecule has 0 atom stereocenters. The van der Waals surface area contributed by atoms with Gasteiger partial charge in [0.15, 0.2) is 0 Å². The summed E-state index contributed by atoms with van der Waals surface area (Å²) in [6.45, 7) is 4.22. The summed E-state index contributed by atoms with van der Waals surface area (Å²) in [6.07, 6.45) is 0. The topological polar surface area (TPSA) is 67.2 Å². The minimum absolute atomic E-state index is 0.0817. The molecule has 0 radical (unpaired) electrons. The average molecular weight is 277 g/mol. The van der Waals surface area contributed by atoms with Crippen LogP contribution in [0.3, 0.4) is 0 Å². The Balaban J connectivity index is 1.83. The molecule has 6 heteroatoms. The standard InChI is InChI=1S/C14H16FN3O2/c1-9-11(10(2)20-18-9)7-16-8-14(19)17-13-6-4-3-5-12(13)15/h3-6,16H,7-8H2,1-2H3,(H,17,19). The molecule has 106 valence electrons. The Morgan fingerprint density at radius 3 is 2.75 bits per heavy atom. The Bertz CT molecular complexity index is 591. The summed E-state index contributed by atoms with van der Waals surface area (Å²) in [4.78, 5) is 11.7. The van der Waals surface area contributed by atoms with Crippen LogP contribution in [0.25, 0.3) is 0 Å². The number of aryl methyl sites for hydroxylation is 2. The molecule has 1 aromatic heterocycles. The molecule has 2 aromatic rings. The summed E-state index contributed by atoms with van der Waals surface area (Å²) in [6, 6.07) is 6.05. The lowest BCUT2D eigenvalue weighted by Gasteiger charge is -2.07. The van der Waals surface area contributed by atoms with Gasteiger partial charge in [-0.15, -0.1) is 0 Å². The van der Waals surface area contributed by atoms with Gasteiger partial charge < -0.3 is 15.2 Å². The molecule has 20 heavy (non-hydrogen) atoms. The number of aromatic nitrogens is 1. The van der Waals surface area contributed by atoms with Crippen LogP contribution in [0.2, 0.25) is 0 Å². The van der Waals surface area contributed by atoms with Crippen molar-refractivity contribution in [2.45, 2.75) is 20.4 Å². The first-order valence-corrected chi connectivity index (χ1v) is 6.24. The Labute approximate surface area is 116 Å². The van der Waals surface area contributed by atoms with Gasteiger partial charge in [0.1, 0.15) is 11.6 Å². The van der Waals surface area contributed by atoms with E-state index in [1.807, 2.05) is 13.8 Å². The van der Waals surface area contributed by atoms with E-state index in [9.17, 15) is 9.18 Å². The number of nitrogens with zero attached hydrogens (tertiary/aromatic N) is 1. The van der Waals surface area contributed by atoms with E-state index < -0.39 is 5.82 Å². The first-order chi connectivity index (χ1) is 9.58. The van der Waals surface area contributed by atoms with Crippen molar-refractivity contribution < 1.29 is 13.7 Å². The lowest BCUT2D eigenvalue weighted by molar-refractivity contribution is -0.115. The van der Waals surface area contributed by atoms with E-state index in [-0.39, 0.29) is 18.1 Å². The molecule has 0 saturated carbocycles. The minimum Gasteiger partial charge on any atom is -0.361 e. The number of benzene rings is 1. The third kappa shape index (κ3) is 3.42. The lowest BCUT2D eigenvalue weighted by atomic mass is 10.2. The van der Waals surface area contributed by atoms with E-state index in [0.29, 0.717) is 6.54 Å². The van der Waals surface area contributed by atoms with E-state index in [1.54, 1.807) is 12.1 Å². The van der Waals surface area contributed by atoms with Gasteiger partial charge in [0.25, 0.3) is 0 Å². The number of hydrogen-bond acceptors (Lipinski definition) is 4. The number of para-hydroxylation sites is 1. The van der Waals surface area contributed by atoms with Crippen molar-refractivity contribution in [2.75, 3.05) is 11.9 Å². The largest absolute Gasteiger partial charge is 0.361 e. The molecule has 2 N–H and O–H groups in total. The SMILES string of the molecule is Cc1noc(C)c1CNCC(=O)Nc1ccccc1F. The molecule has 0 unspecified atom stereocenters. The highest BCUT2D eigenvalue weighted by Crippen LogP contribution is 2.12. The monoisotopic (exact) mass is 277 g/mol. The molecule has 0 aliphatic rings. The second-order valence-corrected chi connectivity index (χ2v) is 4.43. The first-order valence-electron chi connectivity index (χ1n) is 6.24.